The number of esters is 1. The summed E-state index contributed by atoms with van der Waals surface area (Å²) in [5.41, 5.74) is 1.52. The number of phenolic OH excluding ortho intramolecular Hbond substituents is 1. The van der Waals surface area contributed by atoms with Gasteiger partial charge in [0.05, 0.1) is 5.69 Å². The van der Waals surface area contributed by atoms with Crippen LogP contribution in [0.5, 0.6) is 5.75 Å². The number of benzene rings is 2. The van der Waals surface area contributed by atoms with E-state index in [1.807, 2.05) is 19.1 Å². The number of ether oxygens (including phenoxy) is 1. The second-order valence-corrected chi connectivity index (χ2v) is 6.06. The predicted octanol–water partition coefficient (Wildman–Crippen LogP) is 3.91. The van der Waals surface area contributed by atoms with Crippen molar-refractivity contribution in [2.75, 3.05) is 11.9 Å². The second kappa shape index (κ2) is 7.48. The molecule has 5 nitrogen and oxygen atoms in total. The van der Waals surface area contributed by atoms with Gasteiger partial charge in [-0.2, -0.15) is 0 Å². The van der Waals surface area contributed by atoms with Crippen LogP contribution in [0.25, 0.3) is 0 Å². The molecular formula is C16H13BrClNO4. The van der Waals surface area contributed by atoms with Crippen molar-refractivity contribution in [1.29, 1.82) is 0 Å². The fourth-order valence-electron chi connectivity index (χ4n) is 1.79. The Bertz CT molecular complexity index is 764. The van der Waals surface area contributed by atoms with Crippen LogP contribution < -0.4 is 5.32 Å². The van der Waals surface area contributed by atoms with E-state index in [4.69, 9.17) is 16.3 Å². The quantitative estimate of drug-likeness (QED) is 0.766. The number of nitrogens with one attached hydrogen (secondary N) is 1. The smallest absolute Gasteiger partial charge is 0.342 e. The van der Waals surface area contributed by atoms with Gasteiger partial charge in [-0.3, -0.25) is 4.79 Å². The maximum absolute atomic E-state index is 11.9. The lowest BCUT2D eigenvalue weighted by atomic mass is 10.2. The Morgan fingerprint density at radius 1 is 1.26 bits per heavy atom. The number of aromatic hydroxyl groups is 1. The molecule has 2 rings (SSSR count). The minimum absolute atomic E-state index is 0.0955. The Balaban J connectivity index is 1.96. The van der Waals surface area contributed by atoms with Crippen LogP contribution in [0, 0.1) is 6.92 Å². The molecule has 0 fully saturated rings. The van der Waals surface area contributed by atoms with Gasteiger partial charge in [-0.1, -0.05) is 17.7 Å². The molecule has 2 aromatic rings. The number of amides is 1. The molecule has 23 heavy (non-hydrogen) atoms. The van der Waals surface area contributed by atoms with Gasteiger partial charge >= 0.3 is 5.97 Å². The summed E-state index contributed by atoms with van der Waals surface area (Å²) >= 11 is 9.10. The molecule has 0 bridgehead atoms. The van der Waals surface area contributed by atoms with Crippen LogP contribution in [0.15, 0.2) is 40.9 Å². The number of phenols is 1. The van der Waals surface area contributed by atoms with E-state index in [0.29, 0.717) is 5.69 Å². The molecule has 0 spiro atoms. The number of carbonyl (C=O) groups is 2. The molecule has 0 unspecified atom stereocenters. The van der Waals surface area contributed by atoms with Crippen molar-refractivity contribution in [1.82, 2.24) is 0 Å². The van der Waals surface area contributed by atoms with Crippen LogP contribution >= 0.6 is 27.5 Å². The molecule has 0 radical (unpaired) electrons. The van der Waals surface area contributed by atoms with Crippen LogP contribution in [0.2, 0.25) is 5.02 Å². The highest BCUT2D eigenvalue weighted by Gasteiger charge is 2.15. The molecule has 0 aliphatic carbocycles. The zero-order valence-corrected chi connectivity index (χ0v) is 14.4. The van der Waals surface area contributed by atoms with Crippen molar-refractivity contribution in [3.05, 3.63) is 57.0 Å². The topological polar surface area (TPSA) is 75.6 Å². The zero-order chi connectivity index (χ0) is 17.0. The molecule has 2 aromatic carbocycles. The molecule has 0 aliphatic heterocycles. The van der Waals surface area contributed by atoms with E-state index in [0.717, 1.165) is 10.0 Å². The average Bonchev–Trinajstić information content (AvgIpc) is 2.50. The van der Waals surface area contributed by atoms with Gasteiger partial charge in [0.2, 0.25) is 0 Å². The van der Waals surface area contributed by atoms with E-state index >= 15 is 0 Å². The molecule has 7 heteroatoms. The third kappa shape index (κ3) is 4.71. The van der Waals surface area contributed by atoms with Gasteiger partial charge in [-0.05, 0) is 58.7 Å². The van der Waals surface area contributed by atoms with E-state index in [-0.39, 0.29) is 16.3 Å². The van der Waals surface area contributed by atoms with Gasteiger partial charge in [-0.15, -0.1) is 0 Å². The number of halogens is 2. The lowest BCUT2D eigenvalue weighted by molar-refractivity contribution is -0.119. The first-order valence-corrected chi connectivity index (χ1v) is 7.75. The summed E-state index contributed by atoms with van der Waals surface area (Å²) in [4.78, 5) is 23.7. The minimum atomic E-state index is -0.830. The second-order valence-electron chi connectivity index (χ2n) is 4.77. The molecule has 0 aromatic heterocycles. The van der Waals surface area contributed by atoms with Gasteiger partial charge in [-0.25, -0.2) is 4.79 Å². The van der Waals surface area contributed by atoms with Crippen LogP contribution in [0.1, 0.15) is 15.9 Å². The molecule has 2 N–H and O–H groups in total. The summed E-state index contributed by atoms with van der Waals surface area (Å²) in [6.45, 7) is 1.45. The normalized spacial score (nSPS) is 10.2. The molecule has 0 aliphatic rings. The SMILES string of the molecule is Cc1ccc(NC(=O)COC(=O)c2cc(Cl)ccc2O)c(Br)c1. The van der Waals surface area contributed by atoms with Gasteiger partial charge < -0.3 is 15.2 Å². The van der Waals surface area contributed by atoms with E-state index < -0.39 is 18.5 Å². The lowest BCUT2D eigenvalue weighted by Crippen LogP contribution is -2.21. The summed E-state index contributed by atoms with van der Waals surface area (Å²) in [6, 6.07) is 9.43. The van der Waals surface area contributed by atoms with E-state index in [1.54, 1.807) is 6.07 Å². The third-order valence-electron chi connectivity index (χ3n) is 2.91. The number of rotatable bonds is 4. The minimum Gasteiger partial charge on any atom is -0.507 e. The van der Waals surface area contributed by atoms with Crippen molar-refractivity contribution in [3.8, 4) is 5.75 Å². The maximum atomic E-state index is 11.9. The molecule has 0 saturated carbocycles. The zero-order valence-electron chi connectivity index (χ0n) is 12.1. The van der Waals surface area contributed by atoms with Crippen molar-refractivity contribution in [3.63, 3.8) is 0 Å². The van der Waals surface area contributed by atoms with Gasteiger partial charge in [0.1, 0.15) is 11.3 Å². The van der Waals surface area contributed by atoms with Gasteiger partial charge in [0, 0.05) is 9.50 Å². The largest absolute Gasteiger partial charge is 0.507 e. The maximum Gasteiger partial charge on any atom is 0.342 e. The summed E-state index contributed by atoms with van der Waals surface area (Å²) in [5, 5.41) is 12.5. The number of aryl methyl sites for hydroxylation is 1. The van der Waals surface area contributed by atoms with E-state index in [2.05, 4.69) is 21.2 Å². The Hall–Kier alpha value is -2.05. The van der Waals surface area contributed by atoms with E-state index in [9.17, 15) is 14.7 Å². The summed E-state index contributed by atoms with van der Waals surface area (Å²) in [6.07, 6.45) is 0. The Morgan fingerprint density at radius 2 is 2.00 bits per heavy atom. The van der Waals surface area contributed by atoms with Gasteiger partial charge in [0.25, 0.3) is 5.91 Å². The first-order valence-electron chi connectivity index (χ1n) is 6.58. The van der Waals surface area contributed by atoms with Crippen molar-refractivity contribution in [2.45, 2.75) is 6.92 Å². The highest BCUT2D eigenvalue weighted by molar-refractivity contribution is 9.10. The number of carbonyl (C=O) groups excluding carboxylic acids is 2. The van der Waals surface area contributed by atoms with Crippen LogP contribution in [-0.4, -0.2) is 23.6 Å². The van der Waals surface area contributed by atoms with Crippen LogP contribution in [0.4, 0.5) is 5.69 Å². The number of hydrogen-bond donors (Lipinski definition) is 2. The summed E-state index contributed by atoms with van der Waals surface area (Å²) in [7, 11) is 0. The van der Waals surface area contributed by atoms with Crippen molar-refractivity contribution >= 4 is 45.1 Å². The van der Waals surface area contributed by atoms with Crippen molar-refractivity contribution < 1.29 is 19.4 Å². The van der Waals surface area contributed by atoms with E-state index in [1.165, 1.54) is 18.2 Å². The standard InChI is InChI=1S/C16H13BrClNO4/c1-9-2-4-13(12(17)6-9)19-15(21)8-23-16(22)11-7-10(18)3-5-14(11)20/h2-7,20H,8H2,1H3,(H,19,21). The first kappa shape index (κ1) is 17.3. The molecule has 0 saturated heterocycles. The highest BCUT2D eigenvalue weighted by atomic mass is 79.9. The predicted molar refractivity (Wildman–Crippen MR) is 90.9 cm³/mol. The molecular weight excluding hydrogens is 386 g/mol. The fourth-order valence-corrected chi connectivity index (χ4v) is 2.55. The Morgan fingerprint density at radius 3 is 2.70 bits per heavy atom. The van der Waals surface area contributed by atoms with Gasteiger partial charge in [0.15, 0.2) is 6.61 Å². The monoisotopic (exact) mass is 397 g/mol. The van der Waals surface area contributed by atoms with Crippen LogP contribution in [-0.2, 0) is 9.53 Å². The summed E-state index contributed by atoms with van der Waals surface area (Å²) < 4.78 is 5.60. The van der Waals surface area contributed by atoms with Crippen LogP contribution in [0.3, 0.4) is 0 Å². The lowest BCUT2D eigenvalue weighted by Gasteiger charge is -2.09. The number of anilines is 1. The highest BCUT2D eigenvalue weighted by Crippen LogP contribution is 2.24. The molecule has 0 heterocycles. The average molecular weight is 399 g/mol. The number of hydrogen-bond acceptors (Lipinski definition) is 4. The molecule has 0 atom stereocenters. The molecule has 120 valence electrons. The first-order chi connectivity index (χ1) is 10.9. The molecule has 1 amide bonds. The Labute approximate surface area is 146 Å². The summed E-state index contributed by atoms with van der Waals surface area (Å²) in [5.74, 6) is -1.59. The fraction of sp³-hybridized carbons (Fsp3) is 0.125. The Kier molecular flexibility index (Phi) is 5.63. The van der Waals surface area contributed by atoms with Crippen molar-refractivity contribution in [2.24, 2.45) is 0 Å². The third-order valence-corrected chi connectivity index (χ3v) is 3.80.